The highest BCUT2D eigenvalue weighted by Gasteiger charge is 2.10. The van der Waals surface area contributed by atoms with Gasteiger partial charge in [0.05, 0.1) is 24.0 Å². The maximum absolute atomic E-state index is 13.4. The van der Waals surface area contributed by atoms with Crippen molar-refractivity contribution in [3.63, 3.8) is 0 Å². The van der Waals surface area contributed by atoms with E-state index in [0.29, 0.717) is 27.1 Å². The summed E-state index contributed by atoms with van der Waals surface area (Å²) in [6.07, 6.45) is 1.56. The fourth-order valence-electron chi connectivity index (χ4n) is 2.40. The molecular formula is C19H14BrFN2O3. The predicted octanol–water partition coefficient (Wildman–Crippen LogP) is 4.27. The monoisotopic (exact) mass is 416 g/mol. The zero-order chi connectivity index (χ0) is 18.7. The van der Waals surface area contributed by atoms with Crippen molar-refractivity contribution in [2.24, 2.45) is 0 Å². The van der Waals surface area contributed by atoms with Gasteiger partial charge < -0.3 is 10.1 Å². The minimum absolute atomic E-state index is 0.307. The van der Waals surface area contributed by atoms with E-state index in [-0.39, 0.29) is 5.56 Å². The number of anilines is 2. The number of benzene rings is 2. The molecule has 0 fully saturated rings. The second-order valence-corrected chi connectivity index (χ2v) is 6.19. The van der Waals surface area contributed by atoms with Gasteiger partial charge in [0.25, 0.3) is 5.56 Å². The number of halogens is 2. The predicted molar refractivity (Wildman–Crippen MR) is 101 cm³/mol. The van der Waals surface area contributed by atoms with E-state index in [4.69, 9.17) is 0 Å². The van der Waals surface area contributed by atoms with Crippen molar-refractivity contribution in [1.29, 1.82) is 0 Å². The molecule has 0 spiro atoms. The fraction of sp³-hybridized carbons (Fsp3) is 0.0526. The molecule has 5 nitrogen and oxygen atoms in total. The van der Waals surface area contributed by atoms with Crippen LogP contribution in [0.4, 0.5) is 15.8 Å². The van der Waals surface area contributed by atoms with Gasteiger partial charge in [-0.15, -0.1) is 0 Å². The Morgan fingerprint density at radius 1 is 1.15 bits per heavy atom. The first-order valence-electron chi connectivity index (χ1n) is 7.62. The molecule has 0 bridgehead atoms. The standard InChI is InChI=1S/C19H14BrFN2O3/c1-26-19(25)12-5-7-14(8-6-12)22-16-9-10-23(18(24)17(16)20)15-4-2-3-13(21)11-15/h2-11,22H,1H3. The van der Waals surface area contributed by atoms with Crippen LogP contribution in [0.3, 0.4) is 0 Å². The average molecular weight is 417 g/mol. The highest BCUT2D eigenvalue weighted by Crippen LogP contribution is 2.24. The molecule has 0 unspecified atom stereocenters. The Morgan fingerprint density at radius 2 is 1.88 bits per heavy atom. The highest BCUT2D eigenvalue weighted by atomic mass is 79.9. The Morgan fingerprint density at radius 3 is 2.54 bits per heavy atom. The van der Waals surface area contributed by atoms with Gasteiger partial charge in [-0.3, -0.25) is 9.36 Å². The number of carbonyl (C=O) groups excluding carboxylic acids is 1. The van der Waals surface area contributed by atoms with Crippen LogP contribution in [0.15, 0.2) is 70.1 Å². The van der Waals surface area contributed by atoms with Gasteiger partial charge in [-0.25, -0.2) is 9.18 Å². The lowest BCUT2D eigenvalue weighted by Gasteiger charge is -2.12. The molecule has 0 aliphatic rings. The Balaban J connectivity index is 1.89. The van der Waals surface area contributed by atoms with Crippen LogP contribution in [0, 0.1) is 5.82 Å². The smallest absolute Gasteiger partial charge is 0.337 e. The third-order valence-electron chi connectivity index (χ3n) is 3.70. The summed E-state index contributed by atoms with van der Waals surface area (Å²) in [7, 11) is 1.32. The quantitative estimate of drug-likeness (QED) is 0.645. The van der Waals surface area contributed by atoms with E-state index in [1.54, 1.807) is 48.7 Å². The summed E-state index contributed by atoms with van der Waals surface area (Å²) in [5, 5.41) is 3.10. The Kier molecular flexibility index (Phi) is 5.18. The molecule has 2 aromatic carbocycles. The largest absolute Gasteiger partial charge is 0.465 e. The molecule has 0 aliphatic carbocycles. The van der Waals surface area contributed by atoms with Crippen molar-refractivity contribution in [3.8, 4) is 5.69 Å². The van der Waals surface area contributed by atoms with Crippen molar-refractivity contribution in [2.75, 3.05) is 12.4 Å². The van der Waals surface area contributed by atoms with Gasteiger partial charge in [-0.2, -0.15) is 0 Å². The van der Waals surface area contributed by atoms with Gasteiger partial charge in [0.15, 0.2) is 0 Å². The van der Waals surface area contributed by atoms with Crippen molar-refractivity contribution in [3.05, 3.63) is 87.0 Å². The molecule has 132 valence electrons. The number of aromatic nitrogens is 1. The molecule has 7 heteroatoms. The van der Waals surface area contributed by atoms with Crippen LogP contribution in [0.2, 0.25) is 0 Å². The molecule has 3 aromatic rings. The van der Waals surface area contributed by atoms with E-state index in [0.717, 1.165) is 0 Å². The number of rotatable bonds is 4. The minimum atomic E-state index is -0.421. The lowest BCUT2D eigenvalue weighted by molar-refractivity contribution is 0.0601. The van der Waals surface area contributed by atoms with Crippen molar-refractivity contribution < 1.29 is 13.9 Å². The molecule has 0 saturated heterocycles. The SMILES string of the molecule is COC(=O)c1ccc(Nc2ccn(-c3cccc(F)c3)c(=O)c2Br)cc1. The first-order valence-corrected chi connectivity index (χ1v) is 8.41. The molecule has 0 amide bonds. The van der Waals surface area contributed by atoms with Crippen LogP contribution < -0.4 is 10.9 Å². The zero-order valence-electron chi connectivity index (χ0n) is 13.7. The van der Waals surface area contributed by atoms with Gasteiger partial charge in [0.2, 0.25) is 0 Å². The summed E-state index contributed by atoms with van der Waals surface area (Å²) in [6, 6.07) is 14.1. The van der Waals surface area contributed by atoms with Crippen LogP contribution in [-0.4, -0.2) is 17.6 Å². The topological polar surface area (TPSA) is 60.3 Å². The fourth-order valence-corrected chi connectivity index (χ4v) is 2.82. The third-order valence-corrected chi connectivity index (χ3v) is 4.47. The van der Waals surface area contributed by atoms with Crippen molar-refractivity contribution in [1.82, 2.24) is 4.57 Å². The van der Waals surface area contributed by atoms with Crippen molar-refractivity contribution >= 4 is 33.3 Å². The molecule has 0 aliphatic heterocycles. The second-order valence-electron chi connectivity index (χ2n) is 5.39. The Bertz CT molecular complexity index is 1020. The molecule has 1 aromatic heterocycles. The number of ether oxygens (including phenoxy) is 1. The highest BCUT2D eigenvalue weighted by molar-refractivity contribution is 9.10. The van der Waals surface area contributed by atoms with Crippen LogP contribution in [0.5, 0.6) is 0 Å². The van der Waals surface area contributed by atoms with Crippen LogP contribution in [0.25, 0.3) is 5.69 Å². The Labute approximate surface area is 157 Å². The second kappa shape index (κ2) is 7.53. The molecule has 1 heterocycles. The summed E-state index contributed by atoms with van der Waals surface area (Å²) in [5.41, 5.74) is 1.78. The van der Waals surface area contributed by atoms with E-state index in [9.17, 15) is 14.0 Å². The van der Waals surface area contributed by atoms with E-state index in [2.05, 4.69) is 26.0 Å². The van der Waals surface area contributed by atoms with Gasteiger partial charge in [0, 0.05) is 11.9 Å². The van der Waals surface area contributed by atoms with E-state index in [1.807, 2.05) is 0 Å². The summed E-state index contributed by atoms with van der Waals surface area (Å²) < 4.78 is 19.7. The summed E-state index contributed by atoms with van der Waals surface area (Å²) >= 11 is 3.29. The molecule has 3 rings (SSSR count). The molecule has 0 saturated carbocycles. The molecule has 0 radical (unpaired) electrons. The number of carbonyl (C=O) groups is 1. The number of esters is 1. The number of nitrogens with one attached hydrogen (secondary N) is 1. The third kappa shape index (κ3) is 3.67. The number of methoxy groups -OCH3 is 1. The van der Waals surface area contributed by atoms with E-state index >= 15 is 0 Å². The number of nitrogens with zero attached hydrogens (tertiary/aromatic N) is 1. The molecular weight excluding hydrogens is 403 g/mol. The van der Waals surface area contributed by atoms with Gasteiger partial charge in [-0.1, -0.05) is 6.07 Å². The lowest BCUT2D eigenvalue weighted by Crippen LogP contribution is -2.19. The van der Waals surface area contributed by atoms with E-state index in [1.165, 1.54) is 23.8 Å². The Hall–Kier alpha value is -2.93. The zero-order valence-corrected chi connectivity index (χ0v) is 15.3. The van der Waals surface area contributed by atoms with E-state index < -0.39 is 11.8 Å². The average Bonchev–Trinajstić information content (AvgIpc) is 2.65. The maximum atomic E-state index is 13.4. The maximum Gasteiger partial charge on any atom is 0.337 e. The van der Waals surface area contributed by atoms with Crippen molar-refractivity contribution in [2.45, 2.75) is 0 Å². The normalized spacial score (nSPS) is 10.4. The van der Waals surface area contributed by atoms with Crippen LogP contribution in [-0.2, 0) is 4.74 Å². The molecule has 1 N–H and O–H groups in total. The van der Waals surface area contributed by atoms with Crippen LogP contribution in [0.1, 0.15) is 10.4 Å². The lowest BCUT2D eigenvalue weighted by atomic mass is 10.2. The van der Waals surface area contributed by atoms with Gasteiger partial charge >= 0.3 is 5.97 Å². The number of hydrogen-bond donors (Lipinski definition) is 1. The molecule has 0 atom stereocenters. The summed E-state index contributed by atoms with van der Waals surface area (Å²) in [5.74, 6) is -0.839. The summed E-state index contributed by atoms with van der Waals surface area (Å²) in [6.45, 7) is 0. The van der Waals surface area contributed by atoms with Crippen LogP contribution >= 0.6 is 15.9 Å². The number of hydrogen-bond acceptors (Lipinski definition) is 4. The summed E-state index contributed by atoms with van der Waals surface area (Å²) in [4.78, 5) is 24.0. The minimum Gasteiger partial charge on any atom is -0.465 e. The van der Waals surface area contributed by atoms with Gasteiger partial charge in [0.1, 0.15) is 10.3 Å². The number of pyridine rings is 1. The first-order chi connectivity index (χ1) is 12.5. The van der Waals surface area contributed by atoms with Gasteiger partial charge in [-0.05, 0) is 64.5 Å². The first kappa shape index (κ1) is 17.9. The molecule has 26 heavy (non-hydrogen) atoms.